The highest BCUT2D eigenvalue weighted by Gasteiger charge is 2.54. The molecule has 3 aliphatic rings. The maximum atomic E-state index is 14.5. The number of esters is 1. The van der Waals surface area contributed by atoms with E-state index in [0.29, 0.717) is 6.42 Å². The van der Waals surface area contributed by atoms with Gasteiger partial charge in [-0.05, 0) is 92.6 Å². The second-order valence-electron chi connectivity index (χ2n) is 19.6. The number of Topliss-reactive ketones (excluding diaryl/α,β-unsaturated/α-hetero) is 1. The van der Waals surface area contributed by atoms with Crippen LogP contribution in [0.2, 0.25) is 0 Å². The Hall–Kier alpha value is -2.93. The number of pyridine rings is 1. The van der Waals surface area contributed by atoms with Crippen LogP contribution in [0.15, 0.2) is 42.6 Å². The fourth-order valence-electron chi connectivity index (χ4n) is 10.1. The molecule has 4 N–H and O–H groups in total. The number of methoxy groups -OCH3 is 1. The third-order valence-corrected chi connectivity index (χ3v) is 14.2. The van der Waals surface area contributed by atoms with Crippen molar-refractivity contribution in [2.45, 2.75) is 179 Å². The molecule has 0 saturated carbocycles. The molecular formula is C49H76N2O13. The van der Waals surface area contributed by atoms with E-state index < -0.39 is 102 Å². The van der Waals surface area contributed by atoms with Gasteiger partial charge in [0.1, 0.15) is 29.7 Å². The zero-order valence-corrected chi connectivity index (χ0v) is 40.2. The van der Waals surface area contributed by atoms with Gasteiger partial charge in [-0.2, -0.15) is 0 Å². The van der Waals surface area contributed by atoms with Crippen LogP contribution in [0, 0.1) is 23.7 Å². The van der Waals surface area contributed by atoms with Crippen molar-refractivity contribution in [1.82, 2.24) is 9.88 Å². The van der Waals surface area contributed by atoms with Gasteiger partial charge in [-0.15, -0.1) is 0 Å². The van der Waals surface area contributed by atoms with Crippen LogP contribution in [0.3, 0.4) is 0 Å². The molecule has 5 rings (SSSR count). The molecule has 3 aliphatic heterocycles. The summed E-state index contributed by atoms with van der Waals surface area (Å²) >= 11 is 0. The Morgan fingerprint density at radius 1 is 0.922 bits per heavy atom. The Balaban J connectivity index is 1.65. The van der Waals surface area contributed by atoms with Crippen LogP contribution in [-0.2, 0) is 42.7 Å². The lowest BCUT2D eigenvalue weighted by atomic mass is 9.73. The lowest BCUT2D eigenvalue weighted by molar-refractivity contribution is -0.320. The van der Waals surface area contributed by atoms with Gasteiger partial charge >= 0.3 is 5.97 Å². The number of ketones is 1. The second-order valence-corrected chi connectivity index (χ2v) is 19.6. The van der Waals surface area contributed by atoms with Crippen LogP contribution in [0.1, 0.15) is 100 Å². The van der Waals surface area contributed by atoms with Crippen molar-refractivity contribution in [2.75, 3.05) is 27.8 Å². The standard InChI is InChI=1S/C49H76N2O13/c1-14-37-49(10,57)42(54)29(4)39(52)27(2)24-48(9,59-21-17-18-33-23-34-19-15-16-20-35(34)50-26-33)44(64-46-40(53)36(51(11)12)22-28(3)60-46)30(5)41(31(6)45(56)62-37)63-38-25-47(8,58-13)43(55)32(7)61-38/h15-20,23,26-32,36-38,40-44,46,53-55,57H,14,21-22,24-25H2,1-13H3/b18-17+/t27-,28-,29+,30+,31-,32+,36+,37?,38+,40-,41?,42-,43+,44-,46+,47-,48-,49-/m1/s1. The monoisotopic (exact) mass is 901 g/mol. The average molecular weight is 901 g/mol. The first-order valence-electron chi connectivity index (χ1n) is 23.0. The van der Waals surface area contributed by atoms with Crippen LogP contribution in [0.4, 0.5) is 0 Å². The van der Waals surface area contributed by atoms with E-state index in [2.05, 4.69) is 4.98 Å². The molecule has 1 aromatic heterocycles. The van der Waals surface area contributed by atoms with E-state index in [4.69, 9.17) is 33.2 Å². The Morgan fingerprint density at radius 3 is 2.27 bits per heavy atom. The fraction of sp³-hybridized carbons (Fsp3) is 0.735. The predicted octanol–water partition coefficient (Wildman–Crippen LogP) is 5.07. The normalized spacial score (nSPS) is 42.2. The summed E-state index contributed by atoms with van der Waals surface area (Å²) in [6.07, 6.45) is -3.84. The average Bonchev–Trinajstić information content (AvgIpc) is 3.26. The Bertz CT molecular complexity index is 1900. The van der Waals surface area contributed by atoms with Gasteiger partial charge in [-0.25, -0.2) is 0 Å². The summed E-state index contributed by atoms with van der Waals surface area (Å²) in [4.78, 5) is 35.5. The smallest absolute Gasteiger partial charge is 0.311 e. The number of fused-ring (bicyclic) bond motifs is 1. The zero-order chi connectivity index (χ0) is 47.5. The van der Waals surface area contributed by atoms with Gasteiger partial charge in [0.25, 0.3) is 0 Å². The molecule has 15 nitrogen and oxygen atoms in total. The Morgan fingerprint density at radius 2 is 1.61 bits per heavy atom. The molecule has 0 radical (unpaired) electrons. The molecule has 64 heavy (non-hydrogen) atoms. The lowest BCUT2D eigenvalue weighted by Gasteiger charge is -2.50. The molecule has 4 heterocycles. The van der Waals surface area contributed by atoms with Crippen molar-refractivity contribution in [1.29, 1.82) is 0 Å². The first-order valence-corrected chi connectivity index (χ1v) is 23.0. The number of hydrogen-bond donors (Lipinski definition) is 4. The Labute approximate surface area is 379 Å². The molecule has 15 heteroatoms. The number of benzene rings is 1. The van der Waals surface area contributed by atoms with Crippen molar-refractivity contribution in [3.63, 3.8) is 0 Å². The number of rotatable bonds is 11. The van der Waals surface area contributed by atoms with Crippen molar-refractivity contribution in [2.24, 2.45) is 23.7 Å². The molecule has 360 valence electrons. The summed E-state index contributed by atoms with van der Waals surface area (Å²) < 4.78 is 45.4. The van der Waals surface area contributed by atoms with Gasteiger partial charge in [0.05, 0.1) is 59.8 Å². The summed E-state index contributed by atoms with van der Waals surface area (Å²) in [5.74, 6) is -4.77. The van der Waals surface area contributed by atoms with Crippen molar-refractivity contribution >= 4 is 28.7 Å². The molecule has 1 aromatic carbocycles. The lowest BCUT2D eigenvalue weighted by Crippen LogP contribution is -2.61. The van der Waals surface area contributed by atoms with Gasteiger partial charge < -0.3 is 58.5 Å². The van der Waals surface area contributed by atoms with Crippen LogP contribution in [0.5, 0.6) is 0 Å². The third-order valence-electron chi connectivity index (χ3n) is 14.2. The minimum Gasteiger partial charge on any atom is -0.459 e. The maximum Gasteiger partial charge on any atom is 0.311 e. The van der Waals surface area contributed by atoms with Gasteiger partial charge in [-0.3, -0.25) is 14.6 Å². The summed E-state index contributed by atoms with van der Waals surface area (Å²) in [5, 5.41) is 47.6. The van der Waals surface area contributed by atoms with Gasteiger partial charge in [-0.1, -0.05) is 58.0 Å². The zero-order valence-electron chi connectivity index (χ0n) is 40.2. The number of hydrogen-bond acceptors (Lipinski definition) is 15. The van der Waals surface area contributed by atoms with E-state index in [1.807, 2.05) is 82.3 Å². The summed E-state index contributed by atoms with van der Waals surface area (Å²) in [7, 11) is 5.27. The van der Waals surface area contributed by atoms with Gasteiger partial charge in [0.2, 0.25) is 0 Å². The highest BCUT2D eigenvalue weighted by atomic mass is 16.7. The van der Waals surface area contributed by atoms with Gasteiger partial charge in [0.15, 0.2) is 12.6 Å². The SMILES string of the molecule is CCC1OC(=O)[C@H](C)C(O[C@H]2C[C@@](C)(OC)[C@@H](O)[C@H](C)O2)[C@H](C)[C@@H](O[C@@H]2O[C@H](C)C[C@H](N(C)C)[C@H]2O)[C@](C)(OC/C=C/c2cnc3ccccc3c2)C[C@@H](C)C(=O)[C@H](C)[C@@H](O)[C@]1(C)O. The molecular weight excluding hydrogens is 825 g/mol. The van der Waals surface area contributed by atoms with E-state index >= 15 is 0 Å². The quantitative estimate of drug-likeness (QED) is 0.218. The van der Waals surface area contributed by atoms with Crippen molar-refractivity contribution in [3.8, 4) is 0 Å². The van der Waals surface area contributed by atoms with E-state index in [9.17, 15) is 30.0 Å². The third kappa shape index (κ3) is 11.4. The van der Waals surface area contributed by atoms with E-state index in [1.54, 1.807) is 47.7 Å². The number of para-hydroxylation sites is 1. The highest BCUT2D eigenvalue weighted by Crippen LogP contribution is 2.42. The number of cyclic esters (lactones) is 1. The van der Waals surface area contributed by atoms with E-state index in [-0.39, 0.29) is 43.8 Å². The summed E-state index contributed by atoms with van der Waals surface area (Å²) in [6.45, 7) is 17.2. The number of carbonyl (C=O) groups is 2. The minimum absolute atomic E-state index is 0.0448. The topological polar surface area (TPSA) is 196 Å². The maximum absolute atomic E-state index is 14.5. The van der Waals surface area contributed by atoms with E-state index in [1.165, 1.54) is 14.0 Å². The highest BCUT2D eigenvalue weighted by molar-refractivity contribution is 5.83. The molecule has 0 spiro atoms. The van der Waals surface area contributed by atoms with Crippen LogP contribution < -0.4 is 0 Å². The predicted molar refractivity (Wildman–Crippen MR) is 241 cm³/mol. The molecule has 0 aliphatic carbocycles. The first kappa shape index (κ1) is 52.0. The van der Waals surface area contributed by atoms with E-state index in [0.717, 1.165) is 16.5 Å². The number of carbonyl (C=O) groups excluding carboxylic acids is 2. The van der Waals surface area contributed by atoms with Crippen molar-refractivity contribution < 1.29 is 63.2 Å². The number of aliphatic hydroxyl groups excluding tert-OH is 3. The van der Waals surface area contributed by atoms with Crippen molar-refractivity contribution in [3.05, 3.63) is 48.2 Å². The van der Waals surface area contributed by atoms with Crippen LogP contribution >= 0.6 is 0 Å². The Kier molecular flexibility index (Phi) is 17.4. The molecule has 2 aromatic rings. The van der Waals surface area contributed by atoms with Crippen LogP contribution in [-0.4, -0.2) is 154 Å². The summed E-state index contributed by atoms with van der Waals surface area (Å²) in [5.41, 5.74) is -2.74. The molecule has 0 bridgehead atoms. The molecule has 18 atom stereocenters. The second kappa shape index (κ2) is 21.4. The molecule has 3 fully saturated rings. The minimum atomic E-state index is -2.01. The number of aliphatic hydroxyl groups is 4. The number of ether oxygens (including phenoxy) is 7. The fourth-order valence-corrected chi connectivity index (χ4v) is 10.1. The van der Waals surface area contributed by atoms with Gasteiger partial charge in [0, 0.05) is 48.9 Å². The number of nitrogens with zero attached hydrogens (tertiary/aromatic N) is 2. The largest absolute Gasteiger partial charge is 0.459 e. The molecule has 2 unspecified atom stereocenters. The van der Waals surface area contributed by atoms with Crippen LogP contribution in [0.25, 0.3) is 17.0 Å². The molecule has 3 saturated heterocycles. The number of aromatic nitrogens is 1. The molecule has 0 amide bonds. The first-order chi connectivity index (χ1) is 30.0. The summed E-state index contributed by atoms with van der Waals surface area (Å²) in [6, 6.07) is 9.52. The number of likely N-dealkylation sites (N-methyl/N-ethyl adjacent to an activating group) is 1.